The van der Waals surface area contributed by atoms with Crippen molar-refractivity contribution < 1.29 is 23.0 Å². The van der Waals surface area contributed by atoms with Gasteiger partial charge in [0.05, 0.1) is 24.0 Å². The van der Waals surface area contributed by atoms with Gasteiger partial charge >= 0.3 is 6.03 Å². The van der Waals surface area contributed by atoms with Crippen molar-refractivity contribution in [3.63, 3.8) is 0 Å². The zero-order valence-electron chi connectivity index (χ0n) is 18.4. The van der Waals surface area contributed by atoms with Crippen molar-refractivity contribution in [3.05, 3.63) is 41.1 Å². The molecule has 0 spiro atoms. The Labute approximate surface area is 192 Å². The summed E-state index contributed by atoms with van der Waals surface area (Å²) in [6.45, 7) is 2.90. The summed E-state index contributed by atoms with van der Waals surface area (Å²) in [5, 5.41) is 14.8. The minimum atomic E-state index is -2.72. The monoisotopic (exact) mass is 474 g/mol. The molecule has 2 aliphatic rings. The Morgan fingerprint density at radius 2 is 2.12 bits per heavy atom. The van der Waals surface area contributed by atoms with E-state index in [1.165, 1.54) is 0 Å². The molecule has 2 fully saturated rings. The van der Waals surface area contributed by atoms with Crippen LogP contribution in [-0.4, -0.2) is 60.3 Å². The van der Waals surface area contributed by atoms with Crippen molar-refractivity contribution in [3.8, 4) is 0 Å². The third-order valence-electron chi connectivity index (χ3n) is 6.51. The molecule has 0 aromatic carbocycles. The van der Waals surface area contributed by atoms with Gasteiger partial charge in [-0.3, -0.25) is 4.79 Å². The van der Waals surface area contributed by atoms with Gasteiger partial charge in [0, 0.05) is 32.0 Å². The summed E-state index contributed by atoms with van der Waals surface area (Å²) in [4.78, 5) is 30.3. The number of carbonyl (C=O) groups excluding carboxylic acids is 2. The number of carbonyl (C=O) groups is 2. The minimum absolute atomic E-state index is 0.0707. The zero-order valence-corrected chi connectivity index (χ0v) is 18.4. The Balaban J connectivity index is 1.48. The van der Waals surface area contributed by atoms with E-state index in [4.69, 9.17) is 10.4 Å². The molecule has 3 aromatic rings. The Bertz CT molecular complexity index is 1230. The molecule has 1 saturated carbocycles. The van der Waals surface area contributed by atoms with Gasteiger partial charge in [0.15, 0.2) is 11.3 Å². The smallest absolute Gasteiger partial charge is 0.318 e. The molecule has 5 rings (SSSR count). The fourth-order valence-electron chi connectivity index (χ4n) is 4.86. The van der Waals surface area contributed by atoms with Crippen LogP contribution in [0.3, 0.4) is 0 Å². The summed E-state index contributed by atoms with van der Waals surface area (Å²) in [5.41, 5.74) is 7.31. The zero-order chi connectivity index (χ0) is 24.0. The largest absolute Gasteiger partial charge is 0.364 e. The number of fused-ring (bicyclic) bond motifs is 1. The predicted octanol–water partition coefficient (Wildman–Crippen LogP) is 2.08. The van der Waals surface area contributed by atoms with E-state index in [-0.39, 0.29) is 55.1 Å². The maximum absolute atomic E-state index is 13.8. The summed E-state index contributed by atoms with van der Waals surface area (Å²) in [5.74, 6) is -4.40. The Morgan fingerprint density at radius 3 is 2.79 bits per heavy atom. The lowest BCUT2D eigenvalue weighted by Gasteiger charge is -2.32. The SMILES string of the molecule is C[C@H]1CN(Cc2cnn3cc([C@@H](c4nonc4C(N)=O)C4CCC(F)(F)CC4)nc3c2)C(=O)N1. The second kappa shape index (κ2) is 8.29. The van der Waals surface area contributed by atoms with E-state index in [1.54, 1.807) is 21.8 Å². The highest BCUT2D eigenvalue weighted by atomic mass is 19.3. The minimum Gasteiger partial charge on any atom is -0.364 e. The van der Waals surface area contributed by atoms with E-state index >= 15 is 0 Å². The number of nitrogens with two attached hydrogens (primary N) is 1. The Morgan fingerprint density at radius 1 is 1.35 bits per heavy atom. The summed E-state index contributed by atoms with van der Waals surface area (Å²) in [6.07, 6.45) is 3.24. The van der Waals surface area contributed by atoms with Crippen LogP contribution in [0.5, 0.6) is 0 Å². The number of hydrogen-bond acceptors (Lipinski definition) is 7. The highest BCUT2D eigenvalue weighted by Gasteiger charge is 2.41. The lowest BCUT2D eigenvalue weighted by Crippen LogP contribution is -2.29. The molecule has 4 heterocycles. The van der Waals surface area contributed by atoms with Crippen LogP contribution in [0.25, 0.3) is 5.65 Å². The van der Waals surface area contributed by atoms with Crippen molar-refractivity contribution in [2.45, 2.75) is 57.0 Å². The molecule has 3 amide bonds. The molecule has 1 aliphatic carbocycles. The number of nitrogens with zero attached hydrogens (tertiary/aromatic N) is 6. The maximum atomic E-state index is 13.8. The van der Waals surface area contributed by atoms with Crippen molar-refractivity contribution in [2.24, 2.45) is 11.7 Å². The number of hydrogen-bond donors (Lipinski definition) is 2. The predicted molar refractivity (Wildman–Crippen MR) is 113 cm³/mol. The Hall–Kier alpha value is -3.64. The van der Waals surface area contributed by atoms with Crippen LogP contribution >= 0.6 is 0 Å². The molecule has 3 aromatic heterocycles. The molecule has 0 unspecified atom stereocenters. The number of rotatable bonds is 6. The lowest BCUT2D eigenvalue weighted by molar-refractivity contribution is -0.0476. The molecule has 13 heteroatoms. The average molecular weight is 474 g/mol. The first kappa shape index (κ1) is 22.2. The van der Waals surface area contributed by atoms with Gasteiger partial charge in [0.1, 0.15) is 5.69 Å². The van der Waals surface area contributed by atoms with Crippen LogP contribution in [0.4, 0.5) is 13.6 Å². The second-order valence-corrected chi connectivity index (χ2v) is 9.10. The quantitative estimate of drug-likeness (QED) is 0.556. The molecule has 3 N–H and O–H groups in total. The topological polar surface area (TPSA) is 145 Å². The first-order chi connectivity index (χ1) is 16.2. The van der Waals surface area contributed by atoms with Gasteiger partial charge in [-0.2, -0.15) is 5.10 Å². The van der Waals surface area contributed by atoms with Crippen LogP contribution in [0.1, 0.15) is 66.0 Å². The van der Waals surface area contributed by atoms with Gasteiger partial charge in [-0.05, 0) is 42.5 Å². The number of alkyl halides is 2. The fraction of sp³-hybridized carbons (Fsp3) is 0.524. The number of halogens is 2. The molecule has 0 radical (unpaired) electrons. The Kier molecular flexibility index (Phi) is 5.41. The van der Waals surface area contributed by atoms with Crippen LogP contribution < -0.4 is 11.1 Å². The van der Waals surface area contributed by atoms with E-state index in [0.29, 0.717) is 24.4 Å². The lowest BCUT2D eigenvalue weighted by atomic mass is 9.75. The van der Waals surface area contributed by atoms with Crippen LogP contribution in [-0.2, 0) is 6.54 Å². The molecule has 1 aliphatic heterocycles. The van der Waals surface area contributed by atoms with Crippen molar-refractivity contribution in [2.75, 3.05) is 6.54 Å². The van der Waals surface area contributed by atoms with Gasteiger partial charge in [-0.1, -0.05) is 5.16 Å². The van der Waals surface area contributed by atoms with Crippen molar-refractivity contribution >= 4 is 17.6 Å². The highest BCUT2D eigenvalue weighted by molar-refractivity contribution is 5.91. The number of primary amides is 1. The van der Waals surface area contributed by atoms with E-state index < -0.39 is 17.7 Å². The standard InChI is InChI=1S/C21H24F2N8O3/c1-11-8-30(20(33)26-11)9-12-6-15-27-14(10-31(15)25-7-12)16(13-2-4-21(22,23)5-3-13)17-18(19(24)32)29-34-28-17/h6-7,10-11,13,16H,2-5,8-9H2,1H3,(H2,24,32)(H,26,33)/t11-,16-/m0/s1. The molecule has 0 bridgehead atoms. The van der Waals surface area contributed by atoms with Crippen molar-refractivity contribution in [1.29, 1.82) is 0 Å². The summed E-state index contributed by atoms with van der Waals surface area (Å²) < 4.78 is 34.0. The maximum Gasteiger partial charge on any atom is 0.318 e. The molecule has 180 valence electrons. The second-order valence-electron chi connectivity index (χ2n) is 9.10. The van der Waals surface area contributed by atoms with Gasteiger partial charge in [-0.15, -0.1) is 0 Å². The third kappa shape index (κ3) is 4.17. The van der Waals surface area contributed by atoms with Crippen molar-refractivity contribution in [1.82, 2.24) is 35.1 Å². The van der Waals surface area contributed by atoms with E-state index in [1.807, 2.05) is 13.0 Å². The summed E-state index contributed by atoms with van der Waals surface area (Å²) >= 11 is 0. The van der Waals surface area contributed by atoms with Gasteiger partial charge in [-0.25, -0.2) is 27.7 Å². The van der Waals surface area contributed by atoms with Gasteiger partial charge in [0.25, 0.3) is 5.91 Å². The molecular formula is C21H24F2N8O3. The molecule has 2 atom stereocenters. The highest BCUT2D eigenvalue weighted by Crippen LogP contribution is 2.44. The number of urea groups is 1. The fourth-order valence-corrected chi connectivity index (χ4v) is 4.86. The normalized spacial score (nSPS) is 21.7. The van der Waals surface area contributed by atoms with Crippen LogP contribution in [0.2, 0.25) is 0 Å². The van der Waals surface area contributed by atoms with E-state index in [9.17, 15) is 18.4 Å². The first-order valence-corrected chi connectivity index (χ1v) is 11.1. The van der Waals surface area contributed by atoms with Crippen LogP contribution in [0.15, 0.2) is 23.1 Å². The number of amides is 3. The van der Waals surface area contributed by atoms with E-state index in [2.05, 4.69) is 25.7 Å². The molecular weight excluding hydrogens is 450 g/mol. The molecule has 34 heavy (non-hydrogen) atoms. The summed E-state index contributed by atoms with van der Waals surface area (Å²) in [6, 6.07) is 1.75. The average Bonchev–Trinajstić information content (AvgIpc) is 3.48. The van der Waals surface area contributed by atoms with Crippen LogP contribution in [0, 0.1) is 5.92 Å². The van der Waals surface area contributed by atoms with Gasteiger partial charge < -0.3 is 16.0 Å². The van der Waals surface area contributed by atoms with E-state index in [0.717, 1.165) is 5.56 Å². The molecule has 11 nitrogen and oxygen atoms in total. The van der Waals surface area contributed by atoms with Gasteiger partial charge in [0.2, 0.25) is 5.92 Å². The number of nitrogens with one attached hydrogen (secondary N) is 1. The molecule has 1 saturated heterocycles. The third-order valence-corrected chi connectivity index (χ3v) is 6.51. The first-order valence-electron chi connectivity index (χ1n) is 11.1. The number of aromatic nitrogens is 5. The summed E-state index contributed by atoms with van der Waals surface area (Å²) in [7, 11) is 0. The number of imidazole rings is 1.